The topological polar surface area (TPSA) is 149 Å². The number of fused-ring (bicyclic) bond motifs is 1. The third-order valence-electron chi connectivity index (χ3n) is 4.68. The van der Waals surface area contributed by atoms with Gasteiger partial charge in [-0.15, -0.1) is 0 Å². The number of benzene rings is 2. The molecule has 0 bridgehead atoms. The van der Waals surface area contributed by atoms with E-state index in [4.69, 9.17) is 13.9 Å². The average Bonchev–Trinajstić information content (AvgIpc) is 3.28. The Balaban J connectivity index is 1.66. The number of methoxy groups -OCH3 is 1. The van der Waals surface area contributed by atoms with Crippen LogP contribution in [-0.4, -0.2) is 35.4 Å². The third kappa shape index (κ3) is 4.54. The van der Waals surface area contributed by atoms with Crippen LogP contribution in [0.2, 0.25) is 0 Å². The molecule has 1 N–H and O–H groups in total. The molecule has 3 aromatic rings. The standard InChI is InChI=1S/C21H15FN4O7/c1-31-11-2-4-12(5-3-11)32-17-9-16-14(8-15(17)22)19(20(21(27)28)25-24-16)23-10-13-6-7-18(33-13)26(29)30/h2-10,19-20H,1H3,(H,27,28). The van der Waals surface area contributed by atoms with E-state index in [9.17, 15) is 24.4 Å². The zero-order valence-electron chi connectivity index (χ0n) is 16.9. The molecule has 1 aliphatic rings. The fourth-order valence-corrected chi connectivity index (χ4v) is 3.10. The molecule has 0 spiro atoms. The van der Waals surface area contributed by atoms with Gasteiger partial charge in [0.1, 0.15) is 22.5 Å². The predicted octanol–water partition coefficient (Wildman–Crippen LogP) is 4.84. The number of carboxylic acids is 1. The van der Waals surface area contributed by atoms with Crippen molar-refractivity contribution in [3.05, 3.63) is 75.8 Å². The summed E-state index contributed by atoms with van der Waals surface area (Å²) in [4.78, 5) is 25.8. The minimum atomic E-state index is -1.42. The highest BCUT2D eigenvalue weighted by Crippen LogP contribution is 2.41. The van der Waals surface area contributed by atoms with Crippen LogP contribution in [0.3, 0.4) is 0 Å². The van der Waals surface area contributed by atoms with Crippen molar-refractivity contribution in [1.82, 2.24) is 0 Å². The smallest absolute Gasteiger partial charge is 0.433 e. The molecule has 2 atom stereocenters. The van der Waals surface area contributed by atoms with Gasteiger partial charge in [-0.25, -0.2) is 9.18 Å². The molecule has 33 heavy (non-hydrogen) atoms. The first kappa shape index (κ1) is 21.6. The second-order valence-electron chi connectivity index (χ2n) is 6.77. The number of hydrogen-bond donors (Lipinski definition) is 1. The van der Waals surface area contributed by atoms with Crippen LogP contribution >= 0.6 is 0 Å². The quantitative estimate of drug-likeness (QED) is 0.305. The van der Waals surface area contributed by atoms with Crippen LogP contribution in [0.25, 0.3) is 0 Å². The minimum Gasteiger partial charge on any atom is -0.497 e. The van der Waals surface area contributed by atoms with Gasteiger partial charge < -0.3 is 19.0 Å². The minimum absolute atomic E-state index is 0.0230. The number of ether oxygens (including phenoxy) is 2. The van der Waals surface area contributed by atoms with Gasteiger partial charge in [0.25, 0.3) is 0 Å². The highest BCUT2D eigenvalue weighted by Gasteiger charge is 2.35. The summed E-state index contributed by atoms with van der Waals surface area (Å²) in [6, 6.07) is 8.70. The van der Waals surface area contributed by atoms with Gasteiger partial charge in [-0.1, -0.05) is 0 Å². The Morgan fingerprint density at radius 1 is 1.24 bits per heavy atom. The summed E-state index contributed by atoms with van der Waals surface area (Å²) in [6.45, 7) is 0. The summed E-state index contributed by atoms with van der Waals surface area (Å²) >= 11 is 0. The number of rotatable bonds is 7. The van der Waals surface area contributed by atoms with Gasteiger partial charge in [0.2, 0.25) is 0 Å². The van der Waals surface area contributed by atoms with E-state index in [1.165, 1.54) is 19.2 Å². The van der Waals surface area contributed by atoms with Crippen LogP contribution in [0, 0.1) is 15.9 Å². The molecule has 11 nitrogen and oxygen atoms in total. The molecule has 2 heterocycles. The van der Waals surface area contributed by atoms with E-state index in [1.807, 2.05) is 0 Å². The molecular weight excluding hydrogens is 439 g/mol. The van der Waals surface area contributed by atoms with E-state index < -0.39 is 34.7 Å². The number of halogens is 1. The van der Waals surface area contributed by atoms with Crippen molar-refractivity contribution in [1.29, 1.82) is 0 Å². The number of furan rings is 1. The van der Waals surface area contributed by atoms with Crippen LogP contribution in [-0.2, 0) is 4.79 Å². The van der Waals surface area contributed by atoms with Crippen LogP contribution < -0.4 is 9.47 Å². The molecule has 0 saturated carbocycles. The van der Waals surface area contributed by atoms with E-state index >= 15 is 0 Å². The van der Waals surface area contributed by atoms with Gasteiger partial charge in [-0.2, -0.15) is 10.2 Å². The Morgan fingerprint density at radius 2 is 1.97 bits per heavy atom. The molecule has 0 radical (unpaired) electrons. The molecule has 4 rings (SSSR count). The summed E-state index contributed by atoms with van der Waals surface area (Å²) in [5.41, 5.74) is 0.333. The van der Waals surface area contributed by atoms with E-state index in [1.54, 1.807) is 24.3 Å². The highest BCUT2D eigenvalue weighted by atomic mass is 19.1. The van der Waals surface area contributed by atoms with Crippen LogP contribution in [0.4, 0.5) is 16.0 Å². The number of nitro groups is 1. The zero-order chi connectivity index (χ0) is 23.5. The van der Waals surface area contributed by atoms with Crippen molar-refractivity contribution in [3.63, 3.8) is 0 Å². The maximum absolute atomic E-state index is 14.9. The van der Waals surface area contributed by atoms with Crippen molar-refractivity contribution in [2.75, 3.05) is 7.11 Å². The second kappa shape index (κ2) is 8.86. The van der Waals surface area contributed by atoms with Gasteiger partial charge >= 0.3 is 11.9 Å². The van der Waals surface area contributed by atoms with Crippen molar-refractivity contribution in [3.8, 4) is 17.2 Å². The fraction of sp³-hybridized carbons (Fsp3) is 0.143. The Hall–Kier alpha value is -4.61. The molecule has 1 aliphatic heterocycles. The molecule has 2 aromatic carbocycles. The number of carbonyl (C=O) groups is 1. The maximum atomic E-state index is 14.9. The summed E-state index contributed by atoms with van der Waals surface area (Å²) in [6.07, 6.45) is 1.12. The number of azo groups is 1. The molecule has 0 fully saturated rings. The number of carboxylic acid groups (broad SMARTS) is 1. The predicted molar refractivity (Wildman–Crippen MR) is 111 cm³/mol. The summed E-state index contributed by atoms with van der Waals surface area (Å²) < 4.78 is 30.5. The summed E-state index contributed by atoms with van der Waals surface area (Å²) in [7, 11) is 1.51. The molecule has 0 saturated heterocycles. The molecule has 2 unspecified atom stereocenters. The van der Waals surface area contributed by atoms with Gasteiger partial charge in [0.05, 0.1) is 25.1 Å². The SMILES string of the molecule is COc1ccc(Oc2cc3c(cc2F)C(N=Cc2ccc([N+](=O)[O-])o2)C(C(=O)O)N=N3)cc1. The summed E-state index contributed by atoms with van der Waals surface area (Å²) in [5.74, 6) is -1.76. The first-order valence-electron chi connectivity index (χ1n) is 9.42. The number of hydrogen-bond acceptors (Lipinski definition) is 9. The van der Waals surface area contributed by atoms with E-state index in [0.717, 1.165) is 18.3 Å². The van der Waals surface area contributed by atoms with Gasteiger partial charge in [-0.05, 0) is 36.4 Å². The Bertz CT molecular complexity index is 1270. The van der Waals surface area contributed by atoms with Crippen molar-refractivity contribution < 1.29 is 33.1 Å². The summed E-state index contributed by atoms with van der Waals surface area (Å²) in [5, 5.41) is 27.9. The third-order valence-corrected chi connectivity index (χ3v) is 4.68. The molecule has 1 aromatic heterocycles. The van der Waals surface area contributed by atoms with E-state index in [2.05, 4.69) is 15.2 Å². The largest absolute Gasteiger partial charge is 0.497 e. The Labute approximate surface area is 185 Å². The second-order valence-corrected chi connectivity index (χ2v) is 6.77. The molecule has 0 aliphatic carbocycles. The number of aliphatic carboxylic acids is 1. The Kier molecular flexibility index (Phi) is 5.81. The number of nitrogens with zero attached hydrogens (tertiary/aromatic N) is 4. The number of aliphatic imine (C=N–C) groups is 1. The zero-order valence-corrected chi connectivity index (χ0v) is 16.9. The van der Waals surface area contributed by atoms with Gasteiger partial charge in [0.15, 0.2) is 23.4 Å². The normalized spacial score (nSPS) is 17.0. The first-order chi connectivity index (χ1) is 15.9. The highest BCUT2D eigenvalue weighted by molar-refractivity contribution is 5.80. The molecule has 0 amide bonds. The molecule has 12 heteroatoms. The molecule has 168 valence electrons. The maximum Gasteiger partial charge on any atom is 0.433 e. The van der Waals surface area contributed by atoms with Crippen molar-refractivity contribution >= 4 is 23.8 Å². The van der Waals surface area contributed by atoms with Gasteiger partial charge in [-0.3, -0.25) is 15.1 Å². The van der Waals surface area contributed by atoms with Crippen molar-refractivity contribution in [2.45, 2.75) is 12.1 Å². The van der Waals surface area contributed by atoms with Crippen LogP contribution in [0.15, 0.2) is 68.2 Å². The van der Waals surface area contributed by atoms with Crippen LogP contribution in [0.1, 0.15) is 17.4 Å². The Morgan fingerprint density at radius 3 is 2.61 bits per heavy atom. The lowest BCUT2D eigenvalue weighted by Gasteiger charge is -2.22. The van der Waals surface area contributed by atoms with E-state index in [-0.39, 0.29) is 22.8 Å². The van der Waals surface area contributed by atoms with Crippen molar-refractivity contribution in [2.24, 2.45) is 15.2 Å². The molecular formula is C21H15FN4O7. The van der Waals surface area contributed by atoms with Crippen LogP contribution in [0.5, 0.6) is 17.2 Å². The monoisotopic (exact) mass is 454 g/mol. The lowest BCUT2D eigenvalue weighted by Crippen LogP contribution is -2.27. The fourth-order valence-electron chi connectivity index (χ4n) is 3.10. The lowest BCUT2D eigenvalue weighted by atomic mass is 9.97. The van der Waals surface area contributed by atoms with E-state index in [0.29, 0.717) is 11.5 Å². The lowest BCUT2D eigenvalue weighted by molar-refractivity contribution is -0.402. The van der Waals surface area contributed by atoms with Gasteiger partial charge in [0, 0.05) is 11.6 Å². The first-order valence-corrected chi connectivity index (χ1v) is 9.42. The average molecular weight is 454 g/mol.